The molecule has 0 aliphatic heterocycles. The van der Waals surface area contributed by atoms with Crippen LogP contribution in [0.25, 0.3) is 0 Å². The van der Waals surface area contributed by atoms with E-state index in [1.165, 1.54) is 0 Å². The maximum atomic E-state index is 11.2. The largest absolute Gasteiger partial charge is 0 e. The van der Waals surface area contributed by atoms with E-state index in [2.05, 4.69) is 26.5 Å². The third-order valence-electron chi connectivity index (χ3n) is 2.35. The van der Waals surface area contributed by atoms with Crippen molar-refractivity contribution < 1.29 is 35.8 Å². The van der Waals surface area contributed by atoms with E-state index < -0.39 is 5.41 Å². The predicted octanol–water partition coefficient (Wildman–Crippen LogP) is 3.16. The molecule has 0 spiro atoms. The smallest absolute Gasteiger partial charge is 0 e. The van der Waals surface area contributed by atoms with Crippen LogP contribution in [0.2, 0.25) is 0 Å². The van der Waals surface area contributed by atoms with Crippen LogP contribution < -0.4 is 0 Å². The van der Waals surface area contributed by atoms with Gasteiger partial charge in [-0.2, -0.15) is 0 Å². The fourth-order valence-corrected chi connectivity index (χ4v) is 1.32. The van der Waals surface area contributed by atoms with Gasteiger partial charge in [0.05, 0.1) is 5.41 Å². The number of allylic oxidation sites excluding steroid dienone is 3. The van der Waals surface area contributed by atoms with Gasteiger partial charge in [-0.25, -0.2) is 0 Å². The zero-order chi connectivity index (χ0) is 17.3. The Morgan fingerprint density at radius 2 is 1.50 bits per heavy atom. The fraction of sp³-hybridized carbons (Fsp3) is 0.176. The molecule has 1 aromatic carbocycles. The van der Waals surface area contributed by atoms with Gasteiger partial charge in [0.15, 0.2) is 0 Å². The number of hydrogen-bond donors (Lipinski definition) is 0. The van der Waals surface area contributed by atoms with Crippen molar-refractivity contribution >= 4 is 6.29 Å². The molecule has 0 N–H and O–H groups in total. The molecule has 0 saturated carbocycles. The van der Waals surface area contributed by atoms with Crippen LogP contribution in [0.4, 0.5) is 0 Å². The van der Waals surface area contributed by atoms with Crippen molar-refractivity contribution in [2.75, 3.05) is 0 Å². The minimum absolute atomic E-state index is 0. The summed E-state index contributed by atoms with van der Waals surface area (Å²) in [5, 5.41) is 0. The molecular weight excluding hydrogens is 324 g/mol. The third-order valence-corrected chi connectivity index (χ3v) is 2.35. The second-order valence-corrected chi connectivity index (χ2v) is 3.95. The van der Waals surface area contributed by atoms with Gasteiger partial charge < -0.3 is 4.79 Å². The Labute approximate surface area is 141 Å². The minimum atomic E-state index is -0.555. The Hall–Kier alpha value is -1.89. The molecule has 0 aliphatic rings. The molecule has 0 amide bonds. The Kier molecular flexibility index (Phi) is 24.6. The van der Waals surface area contributed by atoms with Crippen LogP contribution >= 0.6 is 0 Å². The van der Waals surface area contributed by atoms with Crippen LogP contribution in [0.1, 0.15) is 19.4 Å². The molecule has 0 radical (unpaired) electrons. The Morgan fingerprint density at radius 1 is 1.09 bits per heavy atom. The van der Waals surface area contributed by atoms with Crippen LogP contribution in [0.15, 0.2) is 54.6 Å². The first kappa shape index (κ1) is 28.3. The molecule has 5 heteroatoms. The topological polar surface area (TPSA) is 76.8 Å². The Morgan fingerprint density at radius 3 is 1.82 bits per heavy atom. The van der Waals surface area contributed by atoms with E-state index in [9.17, 15) is 4.79 Å². The summed E-state index contributed by atoms with van der Waals surface area (Å²) >= 11 is 0. The average molecular weight is 340 g/mol. The zero-order valence-corrected chi connectivity index (χ0v) is 13.4. The van der Waals surface area contributed by atoms with Crippen molar-refractivity contribution in [1.29, 1.82) is 0 Å². The SMILES string of the molecule is C=C(C)/C=C/C(C)(C=O)c1ccccc1.[C-]#[O+].[C-]#[O+].[C-]#[O+].[Fe]. The van der Waals surface area contributed by atoms with Gasteiger partial charge in [-0.05, 0) is 19.4 Å². The molecule has 1 rings (SSSR count). The normalized spacial score (nSPS) is 10.4. The summed E-state index contributed by atoms with van der Waals surface area (Å²) in [6.45, 7) is 21.1. The van der Waals surface area contributed by atoms with E-state index in [1.807, 2.05) is 56.3 Å². The van der Waals surface area contributed by atoms with Crippen LogP contribution in [0.5, 0.6) is 0 Å². The van der Waals surface area contributed by atoms with Crippen molar-refractivity contribution in [3.8, 4) is 0 Å². The predicted molar refractivity (Wildman–Crippen MR) is 75.6 cm³/mol. The summed E-state index contributed by atoms with van der Waals surface area (Å²) in [5.74, 6) is 0. The molecule has 0 saturated heterocycles. The molecule has 116 valence electrons. The van der Waals surface area contributed by atoms with Crippen LogP contribution in [-0.4, -0.2) is 6.29 Å². The van der Waals surface area contributed by atoms with Crippen LogP contribution in [0, 0.1) is 20.0 Å². The van der Waals surface area contributed by atoms with Gasteiger partial charge >= 0.3 is 33.9 Å². The summed E-state index contributed by atoms with van der Waals surface area (Å²) in [6, 6.07) is 9.73. The summed E-state index contributed by atoms with van der Waals surface area (Å²) in [7, 11) is 0. The molecule has 0 heterocycles. The summed E-state index contributed by atoms with van der Waals surface area (Å²) < 4.78 is 22.5. The average Bonchev–Trinajstić information content (AvgIpc) is 2.59. The Bertz CT molecular complexity index is 486. The number of benzene rings is 1. The quantitative estimate of drug-likeness (QED) is 0.273. The van der Waals surface area contributed by atoms with E-state index in [0.29, 0.717) is 0 Å². The molecule has 22 heavy (non-hydrogen) atoms. The first-order valence-corrected chi connectivity index (χ1v) is 5.56. The zero-order valence-electron chi connectivity index (χ0n) is 12.3. The van der Waals surface area contributed by atoms with E-state index in [4.69, 9.17) is 14.0 Å². The number of aldehydes is 1. The van der Waals surface area contributed by atoms with Crippen LogP contribution in [0.3, 0.4) is 0 Å². The molecule has 4 nitrogen and oxygen atoms in total. The molecule has 0 fully saturated rings. The summed E-state index contributed by atoms with van der Waals surface area (Å²) in [5.41, 5.74) is 1.39. The van der Waals surface area contributed by atoms with Gasteiger partial charge in [0.25, 0.3) is 0 Å². The molecular formula is C17H16FeO4. The molecule has 0 aliphatic carbocycles. The number of rotatable bonds is 4. The van der Waals surface area contributed by atoms with Crippen LogP contribution in [-0.2, 0) is 41.2 Å². The monoisotopic (exact) mass is 340 g/mol. The minimum Gasteiger partial charge on any atom is 0 e. The molecule has 1 atom stereocenters. The standard InChI is InChI=1S/C14H16O.3CO.Fe/c1-12(2)9-10-14(3,11-15)13-7-5-4-6-8-13;3*1-2;/h4-11H,1H2,2-3H3;;;;/b10-9+;;;;. The first-order chi connectivity index (χ1) is 10.1. The second kappa shape index (κ2) is 19.1. The number of carbonyl (C=O) groups excluding carboxylic acids is 1. The van der Waals surface area contributed by atoms with E-state index in [-0.39, 0.29) is 17.1 Å². The van der Waals surface area contributed by atoms with Gasteiger partial charge in [-0.15, -0.1) is 0 Å². The first-order valence-electron chi connectivity index (χ1n) is 5.56. The van der Waals surface area contributed by atoms with Crippen molar-refractivity contribution in [1.82, 2.24) is 0 Å². The number of hydrogen-bond acceptors (Lipinski definition) is 1. The van der Waals surface area contributed by atoms with Crippen molar-refractivity contribution in [2.24, 2.45) is 0 Å². The fourth-order valence-electron chi connectivity index (χ4n) is 1.32. The molecule has 1 unspecified atom stereocenters. The van der Waals surface area contributed by atoms with Gasteiger partial charge in [0.2, 0.25) is 0 Å². The van der Waals surface area contributed by atoms with Crippen molar-refractivity contribution in [3.05, 3.63) is 80.2 Å². The van der Waals surface area contributed by atoms with E-state index >= 15 is 0 Å². The van der Waals surface area contributed by atoms with Gasteiger partial charge in [-0.3, -0.25) is 0 Å². The van der Waals surface area contributed by atoms with Gasteiger partial charge in [0.1, 0.15) is 6.29 Å². The maximum absolute atomic E-state index is 11.2. The van der Waals surface area contributed by atoms with E-state index in [1.54, 1.807) is 0 Å². The van der Waals surface area contributed by atoms with Gasteiger partial charge in [-0.1, -0.05) is 54.6 Å². The third kappa shape index (κ3) is 11.9. The van der Waals surface area contributed by atoms with Crippen molar-refractivity contribution in [2.45, 2.75) is 19.3 Å². The van der Waals surface area contributed by atoms with E-state index in [0.717, 1.165) is 17.4 Å². The Balaban J connectivity index is -0.000000206. The van der Waals surface area contributed by atoms with Crippen molar-refractivity contribution in [3.63, 3.8) is 0 Å². The maximum Gasteiger partial charge on any atom is 0 e. The molecule has 0 aromatic heterocycles. The number of carbonyl (C=O) groups is 1. The molecule has 1 aromatic rings. The molecule has 0 bridgehead atoms. The summed E-state index contributed by atoms with van der Waals surface area (Å²) in [4.78, 5) is 11.2. The second-order valence-electron chi connectivity index (χ2n) is 3.95. The van der Waals surface area contributed by atoms with Gasteiger partial charge in [0, 0.05) is 17.1 Å². The summed E-state index contributed by atoms with van der Waals surface area (Å²) in [6.07, 6.45) is 4.72.